The van der Waals surface area contributed by atoms with Crippen LogP contribution in [0.5, 0.6) is 5.75 Å². The number of hydrogen-bond acceptors (Lipinski definition) is 3. The maximum Gasteiger partial charge on any atom is 0.137 e. The molecule has 2 heterocycles. The van der Waals surface area contributed by atoms with Crippen LogP contribution in [0.2, 0.25) is 0 Å². The van der Waals surface area contributed by atoms with E-state index in [0.717, 1.165) is 5.65 Å². The molecule has 0 unspecified atom stereocenters. The van der Waals surface area contributed by atoms with Crippen LogP contribution in [0, 0.1) is 11.2 Å². The number of pyridine rings is 1. The van der Waals surface area contributed by atoms with E-state index in [-0.39, 0.29) is 23.8 Å². The highest BCUT2D eigenvalue weighted by Crippen LogP contribution is 2.22. The van der Waals surface area contributed by atoms with Crippen molar-refractivity contribution in [2.75, 3.05) is 0 Å². The lowest BCUT2D eigenvalue weighted by molar-refractivity contribution is 0.300. The van der Waals surface area contributed by atoms with Crippen molar-refractivity contribution in [3.8, 4) is 5.75 Å². The molecule has 3 rings (SSSR count). The van der Waals surface area contributed by atoms with Crippen molar-refractivity contribution in [3.63, 3.8) is 0 Å². The molecule has 1 aromatic carbocycles. The number of hydrogen-bond donors (Lipinski definition) is 2. The van der Waals surface area contributed by atoms with Gasteiger partial charge in [-0.1, -0.05) is 12.1 Å². The normalized spacial score (nSPS) is 10.7. The first kappa shape index (κ1) is 13.1. The standard InChI is InChI=1S/C15H13FN4O/c16-11-4-3-5-12(14(11)15(17)18)21-9-10-8-20-7-2-1-6-13(20)19-10/h1-8H,9H2,(H3,17,18). The van der Waals surface area contributed by atoms with Gasteiger partial charge in [-0.2, -0.15) is 0 Å². The van der Waals surface area contributed by atoms with Gasteiger partial charge in [0.15, 0.2) is 0 Å². The summed E-state index contributed by atoms with van der Waals surface area (Å²) >= 11 is 0. The summed E-state index contributed by atoms with van der Waals surface area (Å²) in [7, 11) is 0. The number of amidine groups is 1. The Labute approximate surface area is 120 Å². The minimum Gasteiger partial charge on any atom is -0.486 e. The second kappa shape index (κ2) is 5.24. The zero-order valence-electron chi connectivity index (χ0n) is 11.1. The molecule has 6 heteroatoms. The zero-order valence-corrected chi connectivity index (χ0v) is 11.1. The lowest BCUT2D eigenvalue weighted by Gasteiger charge is -2.10. The van der Waals surface area contributed by atoms with Crippen LogP contribution in [0.3, 0.4) is 0 Å². The summed E-state index contributed by atoms with van der Waals surface area (Å²) in [6, 6.07) is 10.0. The fourth-order valence-electron chi connectivity index (χ4n) is 2.09. The van der Waals surface area contributed by atoms with Crippen molar-refractivity contribution in [3.05, 3.63) is 65.9 Å². The third kappa shape index (κ3) is 2.55. The molecule has 0 saturated heterocycles. The summed E-state index contributed by atoms with van der Waals surface area (Å²) < 4.78 is 21.1. The van der Waals surface area contributed by atoms with Crippen LogP contribution in [0.25, 0.3) is 5.65 Å². The van der Waals surface area contributed by atoms with E-state index >= 15 is 0 Å². The second-order valence-electron chi connectivity index (χ2n) is 4.51. The van der Waals surface area contributed by atoms with Crippen LogP contribution in [-0.2, 0) is 6.61 Å². The van der Waals surface area contributed by atoms with Crippen LogP contribution in [-0.4, -0.2) is 15.2 Å². The molecule has 0 spiro atoms. The van der Waals surface area contributed by atoms with Gasteiger partial charge in [-0.3, -0.25) is 5.41 Å². The van der Waals surface area contributed by atoms with E-state index in [9.17, 15) is 4.39 Å². The Kier molecular flexibility index (Phi) is 3.27. The fourth-order valence-corrected chi connectivity index (χ4v) is 2.09. The van der Waals surface area contributed by atoms with Crippen LogP contribution >= 0.6 is 0 Å². The number of rotatable bonds is 4. The molecule has 0 atom stereocenters. The summed E-state index contributed by atoms with van der Waals surface area (Å²) in [5.74, 6) is -0.701. The monoisotopic (exact) mass is 284 g/mol. The zero-order chi connectivity index (χ0) is 14.8. The molecule has 0 radical (unpaired) electrons. The van der Waals surface area contributed by atoms with Crippen molar-refractivity contribution in [1.82, 2.24) is 9.38 Å². The molecule has 0 aliphatic heterocycles. The Bertz CT molecular complexity index is 779. The van der Waals surface area contributed by atoms with E-state index in [2.05, 4.69) is 4.98 Å². The van der Waals surface area contributed by atoms with E-state index in [1.54, 1.807) is 6.07 Å². The summed E-state index contributed by atoms with van der Waals surface area (Å²) in [6.45, 7) is 0.172. The van der Waals surface area contributed by atoms with Gasteiger partial charge in [0.25, 0.3) is 0 Å². The predicted octanol–water partition coefficient (Wildman–Crippen LogP) is 2.34. The number of nitrogens with one attached hydrogen (secondary N) is 1. The van der Waals surface area contributed by atoms with E-state index in [0.29, 0.717) is 5.69 Å². The summed E-state index contributed by atoms with van der Waals surface area (Å²) in [6.07, 6.45) is 3.72. The molecule has 0 aliphatic rings. The molecule has 3 aromatic rings. The molecule has 3 N–H and O–H groups in total. The molecule has 0 bridgehead atoms. The number of halogens is 1. The van der Waals surface area contributed by atoms with Gasteiger partial charge in [-0.05, 0) is 24.3 Å². The Hall–Kier alpha value is -2.89. The van der Waals surface area contributed by atoms with Gasteiger partial charge in [0.05, 0.1) is 11.3 Å². The molecule has 2 aromatic heterocycles. The summed E-state index contributed by atoms with van der Waals surface area (Å²) in [5, 5.41) is 7.43. The highest BCUT2D eigenvalue weighted by atomic mass is 19.1. The van der Waals surface area contributed by atoms with Crippen molar-refractivity contribution >= 4 is 11.5 Å². The van der Waals surface area contributed by atoms with Crippen molar-refractivity contribution in [2.24, 2.45) is 5.73 Å². The minimum absolute atomic E-state index is 0.0266. The smallest absolute Gasteiger partial charge is 0.137 e. The molecule has 0 saturated carbocycles. The number of imidazole rings is 1. The van der Waals surface area contributed by atoms with Crippen molar-refractivity contribution in [1.29, 1.82) is 5.41 Å². The SMILES string of the molecule is N=C(N)c1c(F)cccc1OCc1cn2ccccc2n1. The first-order chi connectivity index (χ1) is 10.1. The molecular formula is C15H13FN4O. The largest absolute Gasteiger partial charge is 0.486 e. The van der Waals surface area contributed by atoms with Crippen molar-refractivity contribution in [2.45, 2.75) is 6.61 Å². The van der Waals surface area contributed by atoms with Gasteiger partial charge in [-0.15, -0.1) is 0 Å². The number of benzene rings is 1. The van der Waals surface area contributed by atoms with Crippen LogP contribution in [0.1, 0.15) is 11.3 Å². The summed E-state index contributed by atoms with van der Waals surface area (Å²) in [5.41, 5.74) is 6.88. The number of ether oxygens (including phenoxy) is 1. The Balaban J connectivity index is 1.85. The minimum atomic E-state index is -0.574. The maximum absolute atomic E-state index is 13.7. The van der Waals surface area contributed by atoms with E-state index in [1.165, 1.54) is 12.1 Å². The van der Waals surface area contributed by atoms with Crippen LogP contribution in [0.4, 0.5) is 4.39 Å². The van der Waals surface area contributed by atoms with Crippen LogP contribution < -0.4 is 10.5 Å². The Morgan fingerprint density at radius 1 is 1.29 bits per heavy atom. The highest BCUT2D eigenvalue weighted by Gasteiger charge is 2.13. The van der Waals surface area contributed by atoms with Gasteiger partial charge >= 0.3 is 0 Å². The quantitative estimate of drug-likeness (QED) is 0.570. The number of fused-ring (bicyclic) bond motifs is 1. The lowest BCUT2D eigenvalue weighted by atomic mass is 10.1. The van der Waals surface area contributed by atoms with Gasteiger partial charge in [0.2, 0.25) is 0 Å². The topological polar surface area (TPSA) is 76.4 Å². The molecule has 5 nitrogen and oxygen atoms in total. The van der Waals surface area contributed by atoms with Gasteiger partial charge in [0, 0.05) is 12.4 Å². The number of nitrogens with zero attached hydrogens (tertiary/aromatic N) is 2. The number of nitrogen functional groups attached to an aromatic ring is 1. The first-order valence-corrected chi connectivity index (χ1v) is 6.33. The molecule has 0 amide bonds. The molecule has 0 fully saturated rings. The van der Waals surface area contributed by atoms with E-state index in [1.807, 2.05) is 35.0 Å². The Morgan fingerprint density at radius 2 is 2.14 bits per heavy atom. The number of nitrogens with two attached hydrogens (primary N) is 1. The highest BCUT2D eigenvalue weighted by molar-refractivity contribution is 5.97. The first-order valence-electron chi connectivity index (χ1n) is 6.33. The van der Waals surface area contributed by atoms with Gasteiger partial charge in [-0.25, -0.2) is 9.37 Å². The molecule has 0 aliphatic carbocycles. The van der Waals surface area contributed by atoms with Gasteiger partial charge < -0.3 is 14.9 Å². The van der Waals surface area contributed by atoms with Gasteiger partial charge in [0.1, 0.15) is 29.7 Å². The maximum atomic E-state index is 13.7. The average Bonchev–Trinajstić information content (AvgIpc) is 2.87. The summed E-state index contributed by atoms with van der Waals surface area (Å²) in [4.78, 5) is 4.38. The number of aromatic nitrogens is 2. The third-order valence-corrected chi connectivity index (χ3v) is 3.03. The van der Waals surface area contributed by atoms with E-state index < -0.39 is 5.82 Å². The fraction of sp³-hybridized carbons (Fsp3) is 0.0667. The van der Waals surface area contributed by atoms with Crippen LogP contribution in [0.15, 0.2) is 48.8 Å². The van der Waals surface area contributed by atoms with Crippen molar-refractivity contribution < 1.29 is 9.13 Å². The average molecular weight is 284 g/mol. The third-order valence-electron chi connectivity index (χ3n) is 3.03. The second-order valence-corrected chi connectivity index (χ2v) is 4.51. The predicted molar refractivity (Wildman–Crippen MR) is 76.9 cm³/mol. The van der Waals surface area contributed by atoms with E-state index in [4.69, 9.17) is 15.9 Å². The molecule has 21 heavy (non-hydrogen) atoms. The molecule has 106 valence electrons. The lowest BCUT2D eigenvalue weighted by Crippen LogP contribution is -2.15. The molecular weight excluding hydrogens is 271 g/mol. The Morgan fingerprint density at radius 3 is 2.90 bits per heavy atom.